The van der Waals surface area contributed by atoms with Gasteiger partial charge in [-0.3, -0.25) is 9.59 Å². The number of amides is 1. The first-order valence-electron chi connectivity index (χ1n) is 7.28. The fourth-order valence-electron chi connectivity index (χ4n) is 2.23. The van der Waals surface area contributed by atoms with Gasteiger partial charge in [-0.2, -0.15) is 0 Å². The van der Waals surface area contributed by atoms with Crippen LogP contribution in [0.1, 0.15) is 23.0 Å². The molecule has 1 unspecified atom stereocenters. The molecule has 0 aliphatic carbocycles. The molecular formula is C17H20N2O3S. The molecule has 0 N–H and O–H groups in total. The van der Waals surface area contributed by atoms with Crippen LogP contribution in [0.3, 0.4) is 0 Å². The zero-order chi connectivity index (χ0) is 17.0. The molecule has 1 atom stereocenters. The van der Waals surface area contributed by atoms with E-state index in [9.17, 15) is 9.59 Å². The molecule has 5 nitrogen and oxygen atoms in total. The average Bonchev–Trinajstić information content (AvgIpc) is 2.99. The standard InChI is InChI=1S/C17H20N2O3S/c1-11(17(21)22-4)9-19(3)16(20)14-7-5-13(6-8-14)15-18-12(2)10-23-15/h5-8,10-11H,9H2,1-4H3. The smallest absolute Gasteiger partial charge is 0.310 e. The molecule has 1 amide bonds. The van der Waals surface area contributed by atoms with Crippen molar-refractivity contribution < 1.29 is 14.3 Å². The van der Waals surface area contributed by atoms with E-state index in [1.54, 1.807) is 37.4 Å². The van der Waals surface area contributed by atoms with Crippen LogP contribution < -0.4 is 0 Å². The van der Waals surface area contributed by atoms with Gasteiger partial charge < -0.3 is 9.64 Å². The number of aromatic nitrogens is 1. The third-order valence-electron chi connectivity index (χ3n) is 3.50. The SMILES string of the molecule is COC(=O)C(C)CN(C)C(=O)c1ccc(-c2nc(C)cs2)cc1. The Balaban J connectivity index is 2.06. The molecule has 23 heavy (non-hydrogen) atoms. The number of hydrogen-bond donors (Lipinski definition) is 0. The number of rotatable bonds is 5. The topological polar surface area (TPSA) is 59.5 Å². The lowest BCUT2D eigenvalue weighted by molar-refractivity contribution is -0.145. The zero-order valence-electron chi connectivity index (χ0n) is 13.7. The van der Waals surface area contributed by atoms with Crippen LogP contribution in [0.2, 0.25) is 0 Å². The van der Waals surface area contributed by atoms with Gasteiger partial charge in [0.1, 0.15) is 5.01 Å². The molecule has 0 spiro atoms. The van der Waals surface area contributed by atoms with Gasteiger partial charge in [-0.1, -0.05) is 19.1 Å². The number of carbonyl (C=O) groups is 2. The van der Waals surface area contributed by atoms with Crippen LogP contribution in [0.25, 0.3) is 10.6 Å². The third-order valence-corrected chi connectivity index (χ3v) is 4.50. The fraction of sp³-hybridized carbons (Fsp3) is 0.353. The number of thiazole rings is 1. The van der Waals surface area contributed by atoms with Crippen molar-refractivity contribution in [2.45, 2.75) is 13.8 Å². The number of hydrogen-bond acceptors (Lipinski definition) is 5. The van der Waals surface area contributed by atoms with Gasteiger partial charge in [0.25, 0.3) is 5.91 Å². The average molecular weight is 332 g/mol. The van der Waals surface area contributed by atoms with Gasteiger partial charge in [-0.15, -0.1) is 11.3 Å². The zero-order valence-corrected chi connectivity index (χ0v) is 14.5. The summed E-state index contributed by atoms with van der Waals surface area (Å²) in [6.07, 6.45) is 0. The van der Waals surface area contributed by atoms with Gasteiger partial charge in [-0.05, 0) is 19.1 Å². The summed E-state index contributed by atoms with van der Waals surface area (Å²) in [7, 11) is 3.03. The number of ether oxygens (including phenoxy) is 1. The highest BCUT2D eigenvalue weighted by molar-refractivity contribution is 7.13. The molecule has 0 saturated carbocycles. The van der Waals surface area contributed by atoms with E-state index < -0.39 is 0 Å². The van der Waals surface area contributed by atoms with Crippen LogP contribution in [0.4, 0.5) is 0 Å². The van der Waals surface area contributed by atoms with E-state index in [0.717, 1.165) is 16.3 Å². The second kappa shape index (κ2) is 7.37. The molecule has 0 bridgehead atoms. The Labute approximate surface area is 139 Å². The molecule has 0 fully saturated rings. The molecule has 0 saturated heterocycles. The number of methoxy groups -OCH3 is 1. The number of aryl methyl sites for hydroxylation is 1. The van der Waals surface area contributed by atoms with E-state index in [1.165, 1.54) is 12.0 Å². The highest BCUT2D eigenvalue weighted by Crippen LogP contribution is 2.24. The first-order chi connectivity index (χ1) is 10.9. The summed E-state index contributed by atoms with van der Waals surface area (Å²) in [6.45, 7) is 4.01. The molecule has 6 heteroatoms. The van der Waals surface area contributed by atoms with Gasteiger partial charge in [0, 0.05) is 35.8 Å². The van der Waals surface area contributed by atoms with Gasteiger partial charge >= 0.3 is 5.97 Å². The van der Waals surface area contributed by atoms with Gasteiger partial charge in [0.15, 0.2) is 0 Å². The molecule has 1 aromatic carbocycles. The molecule has 0 aliphatic rings. The van der Waals surface area contributed by atoms with Crippen molar-refractivity contribution in [3.8, 4) is 10.6 Å². The van der Waals surface area contributed by atoms with Crippen LogP contribution >= 0.6 is 11.3 Å². The fourth-order valence-corrected chi connectivity index (χ4v) is 3.04. The number of carbonyl (C=O) groups excluding carboxylic acids is 2. The first-order valence-corrected chi connectivity index (χ1v) is 8.16. The quantitative estimate of drug-likeness (QED) is 0.790. The summed E-state index contributed by atoms with van der Waals surface area (Å²) in [4.78, 5) is 29.8. The third kappa shape index (κ3) is 4.16. The second-order valence-electron chi connectivity index (χ2n) is 5.48. The Morgan fingerprint density at radius 3 is 2.48 bits per heavy atom. The Morgan fingerprint density at radius 1 is 1.30 bits per heavy atom. The minimum atomic E-state index is -0.355. The summed E-state index contributed by atoms with van der Waals surface area (Å²) >= 11 is 1.58. The van der Waals surface area contributed by atoms with Gasteiger partial charge in [-0.25, -0.2) is 4.98 Å². The van der Waals surface area contributed by atoms with Crippen molar-refractivity contribution in [1.82, 2.24) is 9.88 Å². The minimum Gasteiger partial charge on any atom is -0.469 e. The lowest BCUT2D eigenvalue weighted by Crippen LogP contribution is -2.34. The normalized spacial score (nSPS) is 11.8. The summed E-state index contributed by atoms with van der Waals surface area (Å²) < 4.78 is 4.68. The summed E-state index contributed by atoms with van der Waals surface area (Å²) in [6, 6.07) is 7.35. The predicted octanol–water partition coefficient (Wildman–Crippen LogP) is 3.00. The number of nitrogens with zero attached hydrogens (tertiary/aromatic N) is 2. The largest absolute Gasteiger partial charge is 0.469 e. The molecular weight excluding hydrogens is 312 g/mol. The monoisotopic (exact) mass is 332 g/mol. The van der Waals surface area contributed by atoms with Crippen molar-refractivity contribution in [3.05, 3.63) is 40.9 Å². The van der Waals surface area contributed by atoms with Crippen molar-refractivity contribution >= 4 is 23.2 Å². The molecule has 122 valence electrons. The van der Waals surface area contributed by atoms with Crippen LogP contribution in [0, 0.1) is 12.8 Å². The predicted molar refractivity (Wildman–Crippen MR) is 90.4 cm³/mol. The maximum absolute atomic E-state index is 12.4. The van der Waals surface area contributed by atoms with Gasteiger partial charge in [0.05, 0.1) is 13.0 Å². The van der Waals surface area contributed by atoms with Gasteiger partial charge in [0.2, 0.25) is 0 Å². The van der Waals surface area contributed by atoms with E-state index >= 15 is 0 Å². The maximum atomic E-state index is 12.4. The molecule has 1 heterocycles. The van der Waals surface area contributed by atoms with E-state index in [4.69, 9.17) is 0 Å². The molecule has 2 aromatic rings. The lowest BCUT2D eigenvalue weighted by atomic mass is 10.1. The highest BCUT2D eigenvalue weighted by atomic mass is 32.1. The lowest BCUT2D eigenvalue weighted by Gasteiger charge is -2.20. The van der Waals surface area contributed by atoms with E-state index in [1.807, 2.05) is 24.4 Å². The molecule has 0 radical (unpaired) electrons. The number of benzene rings is 1. The molecule has 1 aromatic heterocycles. The molecule has 2 rings (SSSR count). The van der Waals surface area contributed by atoms with Crippen LogP contribution in [-0.2, 0) is 9.53 Å². The maximum Gasteiger partial charge on any atom is 0.310 e. The first kappa shape index (κ1) is 17.1. The van der Waals surface area contributed by atoms with Crippen LogP contribution in [0.5, 0.6) is 0 Å². The van der Waals surface area contributed by atoms with Crippen molar-refractivity contribution in [3.63, 3.8) is 0 Å². The van der Waals surface area contributed by atoms with E-state index in [0.29, 0.717) is 12.1 Å². The van der Waals surface area contributed by atoms with E-state index in [2.05, 4.69) is 9.72 Å². The van der Waals surface area contributed by atoms with Crippen LogP contribution in [0.15, 0.2) is 29.6 Å². The minimum absolute atomic E-state index is 0.123. The highest BCUT2D eigenvalue weighted by Gasteiger charge is 2.19. The van der Waals surface area contributed by atoms with Crippen molar-refractivity contribution in [2.75, 3.05) is 20.7 Å². The summed E-state index contributed by atoms with van der Waals surface area (Å²) in [5.41, 5.74) is 2.56. The van der Waals surface area contributed by atoms with Crippen LogP contribution in [-0.4, -0.2) is 42.5 Å². The Morgan fingerprint density at radius 2 is 1.96 bits per heavy atom. The molecule has 0 aliphatic heterocycles. The summed E-state index contributed by atoms with van der Waals surface area (Å²) in [5, 5.41) is 2.94. The second-order valence-corrected chi connectivity index (χ2v) is 6.34. The Bertz CT molecular complexity index is 694. The van der Waals surface area contributed by atoms with Crippen molar-refractivity contribution in [1.29, 1.82) is 0 Å². The van der Waals surface area contributed by atoms with E-state index in [-0.39, 0.29) is 17.8 Å². The van der Waals surface area contributed by atoms with Crippen molar-refractivity contribution in [2.24, 2.45) is 5.92 Å². The Hall–Kier alpha value is -2.21. The summed E-state index contributed by atoms with van der Waals surface area (Å²) in [5.74, 6) is -0.798. The Kier molecular flexibility index (Phi) is 5.50. The number of esters is 1.